The Morgan fingerprint density at radius 3 is 2.64 bits per heavy atom. The van der Waals surface area contributed by atoms with E-state index in [1.165, 1.54) is 6.07 Å². The lowest BCUT2D eigenvalue weighted by molar-refractivity contribution is -0.136. The fraction of sp³-hybridized carbons (Fsp3) is 0.222. The van der Waals surface area contributed by atoms with Gasteiger partial charge in [-0.25, -0.2) is 8.78 Å². The van der Waals surface area contributed by atoms with E-state index in [-0.39, 0.29) is 12.0 Å². The third kappa shape index (κ3) is 2.77. The van der Waals surface area contributed by atoms with Crippen LogP contribution in [0.2, 0.25) is 0 Å². The maximum Gasteiger partial charge on any atom is 0.317 e. The van der Waals surface area contributed by atoms with Gasteiger partial charge in [0, 0.05) is 6.07 Å². The van der Waals surface area contributed by atoms with Gasteiger partial charge in [-0.2, -0.15) is 0 Å². The quantitative estimate of drug-likeness (QED) is 0.852. The summed E-state index contributed by atoms with van der Waals surface area (Å²) in [5.41, 5.74) is 0.177. The van der Waals surface area contributed by atoms with Gasteiger partial charge in [0.25, 0.3) is 0 Å². The first-order valence-electron chi connectivity index (χ1n) is 3.81. The molecule has 1 rings (SSSR count). The number of rotatable bonds is 3. The Morgan fingerprint density at radius 2 is 2.14 bits per heavy atom. The number of hydrogen-bond donors (Lipinski definition) is 1. The summed E-state index contributed by atoms with van der Waals surface area (Å²) in [4.78, 5) is 9.58. The molecule has 0 aliphatic rings. The molecule has 1 aromatic carbocycles. The van der Waals surface area contributed by atoms with Crippen molar-refractivity contribution in [2.24, 2.45) is 0 Å². The molecule has 0 aliphatic carbocycles. The zero-order valence-corrected chi connectivity index (χ0v) is 8.59. The monoisotopic (exact) mass is 264 g/mol. The lowest BCUT2D eigenvalue weighted by Crippen LogP contribution is -2.16. The number of carbonyl (C=O) groups is 1. The number of benzene rings is 1. The van der Waals surface area contributed by atoms with E-state index < -0.39 is 22.4 Å². The van der Waals surface area contributed by atoms with Crippen LogP contribution in [0.1, 0.15) is 5.56 Å². The average Bonchev–Trinajstić information content (AvgIpc) is 2.09. The minimum absolute atomic E-state index is 0.0125. The highest BCUT2D eigenvalue weighted by atomic mass is 79.9. The lowest BCUT2D eigenvalue weighted by atomic mass is 10.1. The van der Waals surface area contributed by atoms with Crippen LogP contribution in [0.3, 0.4) is 0 Å². The second-order valence-corrected chi connectivity index (χ2v) is 3.85. The Morgan fingerprint density at radius 1 is 1.50 bits per heavy atom. The first-order valence-corrected chi connectivity index (χ1v) is 4.73. The number of carboxylic acids is 1. The molecule has 0 aliphatic heterocycles. The van der Waals surface area contributed by atoms with Gasteiger partial charge < -0.3 is 5.11 Å². The molecule has 76 valence electrons. The van der Waals surface area contributed by atoms with Gasteiger partial charge in [0.2, 0.25) is 0 Å². The molecule has 2 nitrogen and oxygen atoms in total. The first kappa shape index (κ1) is 11.1. The zero-order valence-electron chi connectivity index (χ0n) is 7.01. The lowest BCUT2D eigenvalue weighted by Gasteiger charge is -2.05. The van der Waals surface area contributed by atoms with Crippen molar-refractivity contribution in [3.63, 3.8) is 0 Å². The van der Waals surface area contributed by atoms with Crippen LogP contribution < -0.4 is 0 Å². The molecule has 0 spiro atoms. The van der Waals surface area contributed by atoms with Crippen molar-refractivity contribution in [2.45, 2.75) is 11.2 Å². The largest absolute Gasteiger partial charge is 0.480 e. The van der Waals surface area contributed by atoms with Crippen LogP contribution in [-0.4, -0.2) is 15.9 Å². The van der Waals surface area contributed by atoms with E-state index in [2.05, 4.69) is 15.9 Å². The smallest absolute Gasteiger partial charge is 0.317 e. The summed E-state index contributed by atoms with van der Waals surface area (Å²) >= 11 is 2.87. The van der Waals surface area contributed by atoms with Gasteiger partial charge in [0.05, 0.1) is 0 Å². The van der Waals surface area contributed by atoms with Gasteiger partial charge in [-0.1, -0.05) is 22.0 Å². The Hall–Kier alpha value is -0.970. The van der Waals surface area contributed by atoms with E-state index in [9.17, 15) is 13.6 Å². The van der Waals surface area contributed by atoms with Gasteiger partial charge in [0.1, 0.15) is 16.5 Å². The highest BCUT2D eigenvalue weighted by molar-refractivity contribution is 9.10. The fourth-order valence-corrected chi connectivity index (χ4v) is 1.32. The highest BCUT2D eigenvalue weighted by Gasteiger charge is 2.16. The van der Waals surface area contributed by atoms with Crippen LogP contribution in [0, 0.1) is 11.6 Å². The standard InChI is InChI=1S/C9H7BrF2O2/c10-7(9(13)14)3-5-1-2-6(11)4-8(5)12/h1-2,4,7H,3H2,(H,13,14). The Kier molecular flexibility index (Phi) is 3.57. The minimum atomic E-state index is -1.08. The predicted octanol–water partition coefficient (Wildman–Crippen LogP) is 2.36. The molecule has 1 aromatic rings. The molecule has 0 bridgehead atoms. The molecule has 0 saturated heterocycles. The van der Waals surface area contributed by atoms with E-state index >= 15 is 0 Å². The molecule has 0 amide bonds. The van der Waals surface area contributed by atoms with Crippen LogP contribution in [0.4, 0.5) is 8.78 Å². The summed E-state index contributed by atoms with van der Waals surface area (Å²) in [6.45, 7) is 0. The maximum atomic E-state index is 13.0. The number of alkyl halides is 1. The van der Waals surface area contributed by atoms with Crippen molar-refractivity contribution in [1.82, 2.24) is 0 Å². The number of carboxylic acid groups (broad SMARTS) is 1. The van der Waals surface area contributed by atoms with Crippen LogP contribution in [0.5, 0.6) is 0 Å². The molecule has 0 heterocycles. The Bertz CT molecular complexity index is 355. The number of aliphatic carboxylic acids is 1. The molecule has 0 fully saturated rings. The summed E-state index contributed by atoms with van der Waals surface area (Å²) in [6.07, 6.45) is -0.0125. The van der Waals surface area contributed by atoms with E-state index in [0.29, 0.717) is 0 Å². The zero-order chi connectivity index (χ0) is 10.7. The molecule has 0 radical (unpaired) electrons. The third-order valence-electron chi connectivity index (χ3n) is 1.68. The number of hydrogen-bond acceptors (Lipinski definition) is 1. The normalized spacial score (nSPS) is 12.5. The molecular weight excluding hydrogens is 258 g/mol. The molecule has 1 atom stereocenters. The van der Waals surface area contributed by atoms with Crippen molar-refractivity contribution in [3.05, 3.63) is 35.4 Å². The highest BCUT2D eigenvalue weighted by Crippen LogP contribution is 2.15. The van der Waals surface area contributed by atoms with E-state index in [1.807, 2.05) is 0 Å². The second-order valence-electron chi connectivity index (χ2n) is 2.75. The van der Waals surface area contributed by atoms with Crippen molar-refractivity contribution in [2.75, 3.05) is 0 Å². The van der Waals surface area contributed by atoms with Gasteiger partial charge in [0.15, 0.2) is 0 Å². The van der Waals surface area contributed by atoms with E-state index in [0.717, 1.165) is 12.1 Å². The Balaban J connectivity index is 2.82. The molecule has 1 N–H and O–H groups in total. The van der Waals surface area contributed by atoms with Gasteiger partial charge in [-0.3, -0.25) is 4.79 Å². The van der Waals surface area contributed by atoms with Crippen LogP contribution >= 0.6 is 15.9 Å². The van der Waals surface area contributed by atoms with Gasteiger partial charge in [-0.15, -0.1) is 0 Å². The van der Waals surface area contributed by atoms with Gasteiger partial charge >= 0.3 is 5.97 Å². The topological polar surface area (TPSA) is 37.3 Å². The van der Waals surface area contributed by atoms with Crippen molar-refractivity contribution >= 4 is 21.9 Å². The van der Waals surface area contributed by atoms with E-state index in [1.54, 1.807) is 0 Å². The predicted molar refractivity (Wildman–Crippen MR) is 50.4 cm³/mol. The van der Waals surface area contributed by atoms with Crippen LogP contribution in [0.15, 0.2) is 18.2 Å². The van der Waals surface area contributed by atoms with Crippen LogP contribution in [0.25, 0.3) is 0 Å². The first-order chi connectivity index (χ1) is 6.50. The second kappa shape index (κ2) is 4.50. The average molecular weight is 265 g/mol. The summed E-state index contributed by atoms with van der Waals surface area (Å²) in [7, 11) is 0. The summed E-state index contributed by atoms with van der Waals surface area (Å²) in [6, 6.07) is 3.07. The molecule has 5 heteroatoms. The molecule has 0 aromatic heterocycles. The van der Waals surface area contributed by atoms with E-state index in [4.69, 9.17) is 5.11 Å². The minimum Gasteiger partial charge on any atom is -0.480 e. The van der Waals surface area contributed by atoms with Crippen LogP contribution in [-0.2, 0) is 11.2 Å². The SMILES string of the molecule is O=C(O)C(Br)Cc1ccc(F)cc1F. The maximum absolute atomic E-state index is 13.0. The summed E-state index contributed by atoms with van der Waals surface area (Å²) in [5.74, 6) is -2.47. The third-order valence-corrected chi connectivity index (χ3v) is 2.40. The summed E-state index contributed by atoms with van der Waals surface area (Å²) in [5, 5.41) is 8.55. The molecule has 0 saturated carbocycles. The fourth-order valence-electron chi connectivity index (χ4n) is 0.968. The Labute approximate surface area is 87.7 Å². The van der Waals surface area contributed by atoms with Gasteiger partial charge in [-0.05, 0) is 18.1 Å². The van der Waals surface area contributed by atoms with Crippen molar-refractivity contribution in [1.29, 1.82) is 0 Å². The van der Waals surface area contributed by atoms with Crippen molar-refractivity contribution < 1.29 is 18.7 Å². The molecular formula is C9H7BrF2O2. The summed E-state index contributed by atoms with van der Waals surface area (Å²) < 4.78 is 25.5. The number of halogens is 3. The molecule has 1 unspecified atom stereocenters. The molecule has 14 heavy (non-hydrogen) atoms. The van der Waals surface area contributed by atoms with Crippen molar-refractivity contribution in [3.8, 4) is 0 Å².